The molecule has 0 aliphatic heterocycles. The van der Waals surface area contributed by atoms with Crippen LogP contribution in [-0.4, -0.2) is 11.1 Å². The number of hydrogen-bond acceptors (Lipinski definition) is 1. The summed E-state index contributed by atoms with van der Waals surface area (Å²) in [6.07, 6.45) is 0.784. The molecule has 78 valence electrons. The number of carboxylic acid groups (broad SMARTS) is 1. The first-order valence-electron chi connectivity index (χ1n) is 5.12. The monoisotopic (exact) mass is 232 g/mol. The van der Waals surface area contributed by atoms with Crippen LogP contribution in [-0.2, 0) is 6.42 Å². The molecule has 0 fully saturated rings. The normalized spacial score (nSPS) is 11.3. The minimum atomic E-state index is -0.918. The summed E-state index contributed by atoms with van der Waals surface area (Å²) in [5.41, 5.74) is 4.79. The van der Waals surface area contributed by atoms with Crippen LogP contribution in [0.3, 0.4) is 0 Å². The summed E-state index contributed by atoms with van der Waals surface area (Å²) in [6.45, 7) is 0. The Kier molecular flexibility index (Phi) is 3.38. The van der Waals surface area contributed by atoms with Gasteiger partial charge in [0.25, 0.3) is 0 Å². The quantitative estimate of drug-likeness (QED) is 0.464. The van der Waals surface area contributed by atoms with E-state index in [1.54, 1.807) is 6.07 Å². The average Bonchev–Trinajstić information content (AvgIpc) is 2.66. The Balaban J connectivity index is 0.00000108. The molecule has 0 spiro atoms. The third kappa shape index (κ3) is 2.04. The maximum atomic E-state index is 10.8. The standard InChI is InChI=1S/C14H9O2.Na/c15-14(16)10-5-6-13-11(8-10)7-9-3-1-2-4-12(9)13;/h1-6H,7H2,(H,15,16);/q-1;+1. The van der Waals surface area contributed by atoms with Crippen molar-refractivity contribution in [2.75, 3.05) is 0 Å². The number of aromatic carboxylic acids is 1. The molecule has 0 atom stereocenters. The van der Waals surface area contributed by atoms with Crippen LogP contribution in [0.2, 0.25) is 0 Å². The average molecular weight is 232 g/mol. The van der Waals surface area contributed by atoms with E-state index >= 15 is 0 Å². The SMILES string of the molecule is O=C(O)c1[c-]c2c(cc1)-c1ccccc1C2.[Na+]. The molecule has 3 rings (SSSR count). The van der Waals surface area contributed by atoms with Crippen molar-refractivity contribution in [1.29, 1.82) is 0 Å². The molecular weight excluding hydrogens is 223 g/mol. The summed E-state index contributed by atoms with van der Waals surface area (Å²) in [5, 5.41) is 8.90. The zero-order chi connectivity index (χ0) is 11.1. The van der Waals surface area contributed by atoms with Crippen LogP contribution in [0.5, 0.6) is 0 Å². The summed E-state index contributed by atoms with van der Waals surface area (Å²) in [7, 11) is 0. The van der Waals surface area contributed by atoms with Crippen LogP contribution in [0.15, 0.2) is 36.4 Å². The molecule has 0 aromatic heterocycles. The Morgan fingerprint density at radius 1 is 1.12 bits per heavy atom. The van der Waals surface area contributed by atoms with Gasteiger partial charge in [0.2, 0.25) is 5.97 Å². The maximum Gasteiger partial charge on any atom is 1.00 e. The number of carboxylic acids is 1. The zero-order valence-electron chi connectivity index (χ0n) is 9.53. The van der Waals surface area contributed by atoms with Gasteiger partial charge in [0, 0.05) is 0 Å². The fraction of sp³-hybridized carbons (Fsp3) is 0.0714. The Bertz CT molecular complexity index is 591. The van der Waals surface area contributed by atoms with Gasteiger partial charge in [-0.15, -0.1) is 23.8 Å². The first-order chi connectivity index (χ1) is 7.75. The third-order valence-corrected chi connectivity index (χ3v) is 2.93. The van der Waals surface area contributed by atoms with Crippen LogP contribution in [0.4, 0.5) is 0 Å². The summed E-state index contributed by atoms with van der Waals surface area (Å²) in [4.78, 5) is 10.8. The molecule has 0 saturated carbocycles. The minimum Gasteiger partial charge on any atom is -0.521 e. The maximum absolute atomic E-state index is 10.8. The van der Waals surface area contributed by atoms with Gasteiger partial charge in [0.05, 0.1) is 0 Å². The predicted octanol–water partition coefficient (Wildman–Crippen LogP) is -0.240. The number of hydrogen-bond donors (Lipinski definition) is 1. The molecule has 1 N–H and O–H groups in total. The van der Waals surface area contributed by atoms with Crippen LogP contribution in [0.25, 0.3) is 11.1 Å². The van der Waals surface area contributed by atoms with Crippen LogP contribution in [0.1, 0.15) is 21.5 Å². The van der Waals surface area contributed by atoms with E-state index in [0.717, 1.165) is 17.5 Å². The van der Waals surface area contributed by atoms with E-state index < -0.39 is 5.97 Å². The smallest absolute Gasteiger partial charge is 0.521 e. The first-order valence-corrected chi connectivity index (χ1v) is 5.12. The largest absolute Gasteiger partial charge is 1.00 e. The van der Waals surface area contributed by atoms with Gasteiger partial charge in [-0.25, -0.2) is 0 Å². The van der Waals surface area contributed by atoms with Gasteiger partial charge in [0.1, 0.15) is 0 Å². The molecule has 1 aliphatic carbocycles. The van der Waals surface area contributed by atoms with Crippen molar-refractivity contribution in [2.24, 2.45) is 0 Å². The molecule has 2 aromatic rings. The Morgan fingerprint density at radius 3 is 2.65 bits per heavy atom. The zero-order valence-corrected chi connectivity index (χ0v) is 11.5. The second-order valence-electron chi connectivity index (χ2n) is 3.90. The number of benzene rings is 2. The van der Waals surface area contributed by atoms with Crippen LogP contribution in [0, 0.1) is 6.07 Å². The minimum absolute atomic E-state index is 0. The molecule has 0 amide bonds. The fourth-order valence-electron chi connectivity index (χ4n) is 2.18. The van der Waals surface area contributed by atoms with E-state index in [2.05, 4.69) is 18.2 Å². The van der Waals surface area contributed by atoms with Crippen molar-refractivity contribution < 1.29 is 39.5 Å². The third-order valence-electron chi connectivity index (χ3n) is 2.93. The Hall–Kier alpha value is -1.09. The molecule has 1 aliphatic rings. The van der Waals surface area contributed by atoms with Crippen molar-refractivity contribution in [3.8, 4) is 11.1 Å². The van der Waals surface area contributed by atoms with Crippen molar-refractivity contribution in [1.82, 2.24) is 0 Å². The molecule has 17 heavy (non-hydrogen) atoms. The number of carbonyl (C=O) groups is 1. The molecular formula is C14H9NaO2. The molecule has 2 aromatic carbocycles. The van der Waals surface area contributed by atoms with Crippen molar-refractivity contribution in [3.05, 3.63) is 59.2 Å². The van der Waals surface area contributed by atoms with Crippen LogP contribution < -0.4 is 29.6 Å². The van der Waals surface area contributed by atoms with Crippen molar-refractivity contribution in [3.63, 3.8) is 0 Å². The predicted molar refractivity (Wildman–Crippen MR) is 60.5 cm³/mol. The van der Waals surface area contributed by atoms with Gasteiger partial charge in [-0.3, -0.25) is 0 Å². The van der Waals surface area contributed by atoms with E-state index in [1.165, 1.54) is 11.1 Å². The summed E-state index contributed by atoms with van der Waals surface area (Å²) in [6, 6.07) is 14.6. The molecule has 0 unspecified atom stereocenters. The summed E-state index contributed by atoms with van der Waals surface area (Å²) in [5.74, 6) is -0.918. The van der Waals surface area contributed by atoms with Gasteiger partial charge in [-0.2, -0.15) is 0 Å². The fourth-order valence-corrected chi connectivity index (χ4v) is 2.18. The second-order valence-corrected chi connectivity index (χ2v) is 3.90. The Morgan fingerprint density at radius 2 is 1.88 bits per heavy atom. The molecule has 2 nitrogen and oxygen atoms in total. The molecule has 0 bridgehead atoms. The van der Waals surface area contributed by atoms with E-state index in [4.69, 9.17) is 5.11 Å². The number of fused-ring (bicyclic) bond motifs is 3. The molecule has 0 heterocycles. The second kappa shape index (κ2) is 4.65. The summed E-state index contributed by atoms with van der Waals surface area (Å²) >= 11 is 0. The topological polar surface area (TPSA) is 37.3 Å². The van der Waals surface area contributed by atoms with Crippen LogP contribution >= 0.6 is 0 Å². The van der Waals surface area contributed by atoms with Gasteiger partial charge in [-0.1, -0.05) is 41.0 Å². The summed E-state index contributed by atoms with van der Waals surface area (Å²) < 4.78 is 0. The van der Waals surface area contributed by atoms with E-state index in [-0.39, 0.29) is 35.1 Å². The first kappa shape index (κ1) is 12.4. The molecule has 3 heteroatoms. The van der Waals surface area contributed by atoms with Crippen molar-refractivity contribution >= 4 is 5.97 Å². The Labute approximate surface area is 122 Å². The van der Waals surface area contributed by atoms with E-state index in [1.807, 2.05) is 18.2 Å². The van der Waals surface area contributed by atoms with Gasteiger partial charge in [-0.05, 0) is 12.0 Å². The molecule has 0 radical (unpaired) electrons. The van der Waals surface area contributed by atoms with E-state index in [9.17, 15) is 4.79 Å². The molecule has 0 saturated heterocycles. The van der Waals surface area contributed by atoms with Gasteiger partial charge < -0.3 is 9.90 Å². The van der Waals surface area contributed by atoms with Gasteiger partial charge in [0.15, 0.2) is 0 Å². The van der Waals surface area contributed by atoms with E-state index in [0.29, 0.717) is 0 Å². The number of rotatable bonds is 1. The van der Waals surface area contributed by atoms with Crippen molar-refractivity contribution in [2.45, 2.75) is 6.42 Å². The van der Waals surface area contributed by atoms with Gasteiger partial charge >= 0.3 is 29.6 Å².